The summed E-state index contributed by atoms with van der Waals surface area (Å²) in [7, 11) is -1.50. The van der Waals surface area contributed by atoms with Crippen LogP contribution >= 0.6 is 23.2 Å². The predicted molar refractivity (Wildman–Crippen MR) is 168 cm³/mol. The maximum atomic E-state index is 14.3. The van der Waals surface area contributed by atoms with Gasteiger partial charge in [-0.3, -0.25) is 9.59 Å². The molecule has 1 saturated carbocycles. The molecule has 1 aliphatic rings. The lowest BCUT2D eigenvalue weighted by molar-refractivity contribution is -0.140. The fraction of sp³-hybridized carbons (Fsp3) is 0.355. The highest BCUT2D eigenvalue weighted by atomic mass is 35.5. The Morgan fingerprint density at radius 2 is 1.58 bits per heavy atom. The first-order valence-electron chi connectivity index (χ1n) is 14.0. The quantitative estimate of drug-likeness (QED) is 0.283. The van der Waals surface area contributed by atoms with Crippen molar-refractivity contribution in [3.05, 3.63) is 99.8 Å². The molecular weight excluding hydrogens is 614 g/mol. The van der Waals surface area contributed by atoms with E-state index in [1.54, 1.807) is 18.2 Å². The van der Waals surface area contributed by atoms with Crippen LogP contribution in [-0.4, -0.2) is 62.2 Å². The van der Waals surface area contributed by atoms with Crippen molar-refractivity contribution >= 4 is 50.9 Å². The molecule has 1 N–H and O–H groups in total. The van der Waals surface area contributed by atoms with Gasteiger partial charge >= 0.3 is 10.2 Å². The number of carbonyl (C=O) groups is 2. The van der Waals surface area contributed by atoms with E-state index in [0.717, 1.165) is 52.0 Å². The molecular formula is C31H35Cl2FN4O4S. The van der Waals surface area contributed by atoms with Gasteiger partial charge in [0.05, 0.1) is 15.7 Å². The summed E-state index contributed by atoms with van der Waals surface area (Å²) in [5, 5.41) is 3.74. The van der Waals surface area contributed by atoms with E-state index in [1.165, 1.54) is 31.1 Å². The monoisotopic (exact) mass is 648 g/mol. The molecule has 3 aromatic rings. The first-order chi connectivity index (χ1) is 20.5. The summed E-state index contributed by atoms with van der Waals surface area (Å²) in [4.78, 5) is 29.6. The first-order valence-corrected chi connectivity index (χ1v) is 16.1. The Balaban J connectivity index is 1.76. The number of anilines is 1. The number of benzene rings is 3. The Morgan fingerprint density at radius 1 is 0.930 bits per heavy atom. The van der Waals surface area contributed by atoms with Gasteiger partial charge in [-0.1, -0.05) is 72.4 Å². The number of nitrogens with one attached hydrogen (secondary N) is 1. The Hall–Kier alpha value is -3.18. The highest BCUT2D eigenvalue weighted by Gasteiger charge is 2.35. The smallest absolute Gasteiger partial charge is 0.304 e. The summed E-state index contributed by atoms with van der Waals surface area (Å²) in [5.74, 6) is -1.50. The number of halogens is 3. The first kappa shape index (κ1) is 32.7. The van der Waals surface area contributed by atoms with Crippen LogP contribution in [0.2, 0.25) is 10.0 Å². The lowest BCUT2D eigenvalue weighted by atomic mass is 10.0. The molecule has 0 saturated heterocycles. The fourth-order valence-corrected chi connectivity index (χ4v) is 6.46. The SMILES string of the molecule is CN(C)S(=O)(=O)N(CC(=O)N(Cc1ccc(Cl)c(Cl)c1)[C@H](Cc1ccccc1)C(=O)NC1CCCC1)c1ccc(F)cc1. The molecule has 0 unspecified atom stereocenters. The minimum Gasteiger partial charge on any atom is -0.352 e. The van der Waals surface area contributed by atoms with Crippen LogP contribution < -0.4 is 9.62 Å². The molecule has 1 atom stereocenters. The summed E-state index contributed by atoms with van der Waals surface area (Å²) >= 11 is 12.4. The molecule has 0 spiro atoms. The molecule has 4 rings (SSSR count). The molecule has 3 aromatic carbocycles. The minimum atomic E-state index is -4.18. The highest BCUT2D eigenvalue weighted by molar-refractivity contribution is 7.90. The van der Waals surface area contributed by atoms with Gasteiger partial charge in [0.15, 0.2) is 0 Å². The largest absolute Gasteiger partial charge is 0.352 e. The predicted octanol–water partition coefficient (Wildman–Crippen LogP) is 5.44. The number of hydrogen-bond acceptors (Lipinski definition) is 4. The number of amides is 2. The van der Waals surface area contributed by atoms with Crippen molar-refractivity contribution < 1.29 is 22.4 Å². The van der Waals surface area contributed by atoms with Gasteiger partial charge in [0.1, 0.15) is 18.4 Å². The van der Waals surface area contributed by atoms with Crippen molar-refractivity contribution in [3.63, 3.8) is 0 Å². The molecule has 43 heavy (non-hydrogen) atoms. The van der Waals surface area contributed by atoms with Gasteiger partial charge in [0.25, 0.3) is 0 Å². The van der Waals surface area contributed by atoms with Crippen LogP contribution in [0.3, 0.4) is 0 Å². The van der Waals surface area contributed by atoms with Crippen molar-refractivity contribution in [1.82, 2.24) is 14.5 Å². The van der Waals surface area contributed by atoms with E-state index < -0.39 is 34.5 Å². The number of hydrogen-bond donors (Lipinski definition) is 1. The maximum absolute atomic E-state index is 14.3. The Bertz CT molecular complexity index is 1520. The molecule has 1 fully saturated rings. The molecule has 2 amide bonds. The van der Waals surface area contributed by atoms with Gasteiger partial charge < -0.3 is 10.2 Å². The maximum Gasteiger partial charge on any atom is 0.304 e. The third-order valence-electron chi connectivity index (χ3n) is 7.44. The highest BCUT2D eigenvalue weighted by Crippen LogP contribution is 2.26. The molecule has 0 radical (unpaired) electrons. The topological polar surface area (TPSA) is 90.0 Å². The van der Waals surface area contributed by atoms with E-state index in [1.807, 2.05) is 30.3 Å². The lowest BCUT2D eigenvalue weighted by Crippen LogP contribution is -2.55. The number of carbonyl (C=O) groups excluding carboxylic acids is 2. The second kappa shape index (κ2) is 14.5. The summed E-state index contributed by atoms with van der Waals surface area (Å²) in [6.07, 6.45) is 3.92. The normalized spacial score (nSPS) is 14.5. The van der Waals surface area contributed by atoms with Gasteiger partial charge in [-0.25, -0.2) is 8.70 Å². The van der Waals surface area contributed by atoms with Gasteiger partial charge in [-0.15, -0.1) is 0 Å². The number of nitrogens with zero attached hydrogens (tertiary/aromatic N) is 3. The molecule has 12 heteroatoms. The van der Waals surface area contributed by atoms with Gasteiger partial charge in [-0.05, 0) is 60.4 Å². The Kier molecular flexibility index (Phi) is 11.1. The van der Waals surface area contributed by atoms with E-state index in [-0.39, 0.29) is 35.6 Å². The van der Waals surface area contributed by atoms with E-state index in [0.29, 0.717) is 10.6 Å². The second-order valence-corrected chi connectivity index (χ2v) is 13.6. The summed E-state index contributed by atoms with van der Waals surface area (Å²) in [6.45, 7) is -0.667. The van der Waals surface area contributed by atoms with Crippen molar-refractivity contribution in [2.75, 3.05) is 24.9 Å². The van der Waals surface area contributed by atoms with E-state index in [9.17, 15) is 22.4 Å². The third kappa shape index (κ3) is 8.47. The van der Waals surface area contributed by atoms with Crippen LogP contribution in [-0.2, 0) is 32.8 Å². The zero-order chi connectivity index (χ0) is 31.1. The van der Waals surface area contributed by atoms with E-state index >= 15 is 0 Å². The molecule has 0 aromatic heterocycles. The van der Waals surface area contributed by atoms with Crippen LogP contribution in [0.1, 0.15) is 36.8 Å². The third-order valence-corrected chi connectivity index (χ3v) is 10.0. The zero-order valence-electron chi connectivity index (χ0n) is 24.0. The van der Waals surface area contributed by atoms with Crippen LogP contribution in [0, 0.1) is 5.82 Å². The minimum absolute atomic E-state index is 0.00228. The average Bonchev–Trinajstić information content (AvgIpc) is 3.49. The standard InChI is InChI=1S/C31H35Cl2FN4O4S/c1-36(2)43(41,42)38(26-15-13-24(34)14-16-26)21-30(39)37(20-23-12-17-27(32)28(33)18-23)29(19-22-8-4-3-5-9-22)31(40)35-25-10-6-7-11-25/h3-5,8-9,12-18,25,29H,6-7,10-11,19-21H2,1-2H3,(H,35,40)/t29-/m1/s1. The fourth-order valence-electron chi connectivity index (χ4n) is 5.08. The van der Waals surface area contributed by atoms with Crippen LogP contribution in [0.25, 0.3) is 0 Å². The molecule has 0 aliphatic heterocycles. The lowest BCUT2D eigenvalue weighted by Gasteiger charge is -2.35. The molecule has 1 aliphatic carbocycles. The van der Waals surface area contributed by atoms with Gasteiger partial charge in [-0.2, -0.15) is 12.7 Å². The molecule has 0 heterocycles. The average molecular weight is 650 g/mol. The second-order valence-electron chi connectivity index (χ2n) is 10.7. The number of rotatable bonds is 12. The molecule has 0 bridgehead atoms. The van der Waals surface area contributed by atoms with Crippen molar-refractivity contribution in [1.29, 1.82) is 0 Å². The Morgan fingerprint density at radius 3 is 2.19 bits per heavy atom. The van der Waals surface area contributed by atoms with Crippen LogP contribution in [0.4, 0.5) is 10.1 Å². The van der Waals surface area contributed by atoms with Gasteiger partial charge in [0.2, 0.25) is 11.8 Å². The zero-order valence-corrected chi connectivity index (χ0v) is 26.4. The van der Waals surface area contributed by atoms with Crippen LogP contribution in [0.5, 0.6) is 0 Å². The van der Waals surface area contributed by atoms with E-state index in [4.69, 9.17) is 23.2 Å². The Labute approximate surface area is 262 Å². The van der Waals surface area contributed by atoms with Crippen LogP contribution in [0.15, 0.2) is 72.8 Å². The summed E-state index contributed by atoms with van der Waals surface area (Å²) in [5.41, 5.74) is 1.54. The van der Waals surface area contributed by atoms with Gasteiger partial charge in [0, 0.05) is 33.1 Å². The van der Waals surface area contributed by atoms with Crippen molar-refractivity contribution in [2.24, 2.45) is 0 Å². The molecule has 230 valence electrons. The molecule has 8 nitrogen and oxygen atoms in total. The van der Waals surface area contributed by atoms with Crippen molar-refractivity contribution in [2.45, 2.75) is 50.7 Å². The summed E-state index contributed by atoms with van der Waals surface area (Å²) in [6, 6.07) is 18.1. The van der Waals surface area contributed by atoms with Crippen molar-refractivity contribution in [3.8, 4) is 0 Å². The van der Waals surface area contributed by atoms with E-state index in [2.05, 4.69) is 5.32 Å². The summed E-state index contributed by atoms with van der Waals surface area (Å²) < 4.78 is 42.5.